The number of carboxylic acid groups (broad SMARTS) is 1. The smallest absolute Gasteiger partial charge is 0.407 e. The van der Waals surface area contributed by atoms with Gasteiger partial charge in [-0.2, -0.15) is 0 Å². The average Bonchev–Trinajstić information content (AvgIpc) is 2.87. The van der Waals surface area contributed by atoms with E-state index in [1.807, 2.05) is 18.3 Å². The van der Waals surface area contributed by atoms with Crippen LogP contribution in [0.4, 0.5) is 10.6 Å². The molecular formula is C12H14N4O2. The number of aromatic nitrogens is 2. The molecule has 6 heteroatoms. The molecule has 18 heavy (non-hydrogen) atoms. The van der Waals surface area contributed by atoms with Crippen LogP contribution in [0, 0.1) is 0 Å². The number of anilines is 1. The molecule has 3 rings (SSSR count). The maximum absolute atomic E-state index is 10.9. The summed E-state index contributed by atoms with van der Waals surface area (Å²) in [5.74, 6) is 0.929. The first-order valence-corrected chi connectivity index (χ1v) is 5.90. The van der Waals surface area contributed by atoms with Crippen LogP contribution < -0.4 is 4.90 Å². The van der Waals surface area contributed by atoms with Gasteiger partial charge in [0.15, 0.2) is 0 Å². The van der Waals surface area contributed by atoms with Crippen molar-refractivity contribution in [3.8, 4) is 0 Å². The molecule has 1 saturated heterocycles. The van der Waals surface area contributed by atoms with Crippen LogP contribution in [0.5, 0.6) is 0 Å². The summed E-state index contributed by atoms with van der Waals surface area (Å²) >= 11 is 0. The maximum Gasteiger partial charge on any atom is 0.407 e. The van der Waals surface area contributed by atoms with E-state index in [-0.39, 0.29) is 0 Å². The fourth-order valence-corrected chi connectivity index (χ4v) is 2.33. The zero-order chi connectivity index (χ0) is 12.5. The third-order valence-corrected chi connectivity index (χ3v) is 3.31. The van der Waals surface area contributed by atoms with Crippen molar-refractivity contribution in [1.29, 1.82) is 0 Å². The molecule has 3 heterocycles. The fraction of sp³-hybridized carbons (Fsp3) is 0.333. The Bertz CT molecular complexity index is 572. The van der Waals surface area contributed by atoms with E-state index in [0.717, 1.165) is 16.7 Å². The van der Waals surface area contributed by atoms with Crippen LogP contribution in [-0.4, -0.2) is 52.2 Å². The molecule has 6 nitrogen and oxygen atoms in total. The largest absolute Gasteiger partial charge is 0.465 e. The van der Waals surface area contributed by atoms with Gasteiger partial charge in [0.2, 0.25) is 0 Å². The van der Waals surface area contributed by atoms with Crippen LogP contribution in [0.25, 0.3) is 10.9 Å². The minimum atomic E-state index is -0.845. The number of nitrogens with one attached hydrogen (secondary N) is 1. The highest BCUT2D eigenvalue weighted by Gasteiger charge is 2.22. The van der Waals surface area contributed by atoms with E-state index in [0.29, 0.717) is 26.2 Å². The molecule has 0 aliphatic carbocycles. The Morgan fingerprint density at radius 3 is 2.78 bits per heavy atom. The molecule has 1 aliphatic heterocycles. The lowest BCUT2D eigenvalue weighted by atomic mass is 10.2. The van der Waals surface area contributed by atoms with E-state index in [1.54, 1.807) is 6.20 Å². The lowest BCUT2D eigenvalue weighted by Gasteiger charge is -2.34. The molecule has 0 saturated carbocycles. The second-order valence-electron chi connectivity index (χ2n) is 4.33. The number of aromatic amines is 1. The normalized spacial score (nSPS) is 16.2. The van der Waals surface area contributed by atoms with Gasteiger partial charge in [-0.25, -0.2) is 9.78 Å². The molecule has 1 aliphatic rings. The van der Waals surface area contributed by atoms with Gasteiger partial charge < -0.3 is 19.9 Å². The van der Waals surface area contributed by atoms with Gasteiger partial charge in [-0.1, -0.05) is 0 Å². The Balaban J connectivity index is 1.84. The first-order chi connectivity index (χ1) is 8.75. The summed E-state index contributed by atoms with van der Waals surface area (Å²) in [7, 11) is 0. The van der Waals surface area contributed by atoms with Gasteiger partial charge in [0.1, 0.15) is 5.82 Å². The van der Waals surface area contributed by atoms with E-state index < -0.39 is 6.09 Å². The third-order valence-electron chi connectivity index (χ3n) is 3.31. The highest BCUT2D eigenvalue weighted by molar-refractivity contribution is 5.90. The SMILES string of the molecule is O=C(O)N1CCN(c2nccc3[nH]ccc23)CC1. The molecule has 0 unspecified atom stereocenters. The van der Waals surface area contributed by atoms with Crippen LogP contribution in [0.15, 0.2) is 24.5 Å². The van der Waals surface area contributed by atoms with Gasteiger partial charge in [-0.15, -0.1) is 0 Å². The number of pyridine rings is 1. The molecule has 0 atom stereocenters. The molecule has 2 aromatic rings. The van der Waals surface area contributed by atoms with Gasteiger partial charge in [0.25, 0.3) is 0 Å². The zero-order valence-electron chi connectivity index (χ0n) is 9.83. The highest BCUT2D eigenvalue weighted by atomic mass is 16.4. The topological polar surface area (TPSA) is 72.5 Å². The van der Waals surface area contributed by atoms with Crippen molar-refractivity contribution in [2.45, 2.75) is 0 Å². The van der Waals surface area contributed by atoms with E-state index in [4.69, 9.17) is 5.11 Å². The van der Waals surface area contributed by atoms with E-state index in [2.05, 4.69) is 14.9 Å². The van der Waals surface area contributed by atoms with E-state index >= 15 is 0 Å². The van der Waals surface area contributed by atoms with Crippen molar-refractivity contribution in [1.82, 2.24) is 14.9 Å². The number of fused-ring (bicyclic) bond motifs is 1. The maximum atomic E-state index is 10.9. The van der Waals surface area contributed by atoms with Crippen LogP contribution in [0.1, 0.15) is 0 Å². The molecule has 1 fully saturated rings. The fourth-order valence-electron chi connectivity index (χ4n) is 2.33. The summed E-state index contributed by atoms with van der Waals surface area (Å²) in [5, 5.41) is 10.0. The van der Waals surface area contributed by atoms with Crippen LogP contribution in [-0.2, 0) is 0 Å². The van der Waals surface area contributed by atoms with Crippen molar-refractivity contribution in [2.24, 2.45) is 0 Å². The molecule has 0 radical (unpaired) electrons. The summed E-state index contributed by atoms with van der Waals surface area (Å²) in [6, 6.07) is 3.94. The molecule has 1 amide bonds. The molecule has 0 spiro atoms. The van der Waals surface area contributed by atoms with Crippen molar-refractivity contribution in [2.75, 3.05) is 31.1 Å². The molecule has 0 bridgehead atoms. The molecule has 94 valence electrons. The van der Waals surface area contributed by atoms with Gasteiger partial charge in [0.05, 0.1) is 5.52 Å². The minimum Gasteiger partial charge on any atom is -0.465 e. The Morgan fingerprint density at radius 2 is 2.06 bits per heavy atom. The second-order valence-corrected chi connectivity index (χ2v) is 4.33. The first kappa shape index (κ1) is 10.9. The van der Waals surface area contributed by atoms with Crippen LogP contribution in [0.3, 0.4) is 0 Å². The van der Waals surface area contributed by atoms with Gasteiger partial charge in [0, 0.05) is 44.0 Å². The predicted octanol–water partition coefficient (Wildman–Crippen LogP) is 1.36. The Kier molecular flexibility index (Phi) is 2.55. The monoisotopic (exact) mass is 246 g/mol. The van der Waals surface area contributed by atoms with Crippen molar-refractivity contribution < 1.29 is 9.90 Å². The molecule has 0 aromatic carbocycles. The molecule has 2 N–H and O–H groups in total. The number of hydrogen-bond acceptors (Lipinski definition) is 3. The number of hydrogen-bond donors (Lipinski definition) is 2. The average molecular weight is 246 g/mol. The number of amides is 1. The van der Waals surface area contributed by atoms with Gasteiger partial charge >= 0.3 is 6.09 Å². The van der Waals surface area contributed by atoms with Gasteiger partial charge in [-0.3, -0.25) is 0 Å². The van der Waals surface area contributed by atoms with Crippen molar-refractivity contribution >= 4 is 22.8 Å². The van der Waals surface area contributed by atoms with Crippen molar-refractivity contribution in [3.05, 3.63) is 24.5 Å². The number of carbonyl (C=O) groups is 1. The standard InChI is InChI=1S/C12H14N4O2/c17-12(18)16-7-5-15(6-8-16)11-9-1-3-13-10(9)2-4-14-11/h1-4,13H,5-8H2,(H,17,18). The summed E-state index contributed by atoms with van der Waals surface area (Å²) in [6.07, 6.45) is 2.82. The summed E-state index contributed by atoms with van der Waals surface area (Å²) in [5.41, 5.74) is 1.06. The predicted molar refractivity (Wildman–Crippen MR) is 67.9 cm³/mol. The minimum absolute atomic E-state index is 0.526. The number of rotatable bonds is 1. The van der Waals surface area contributed by atoms with E-state index in [1.165, 1.54) is 4.90 Å². The summed E-state index contributed by atoms with van der Waals surface area (Å²) in [4.78, 5) is 22.0. The quantitative estimate of drug-likeness (QED) is 0.797. The Hall–Kier alpha value is -2.24. The first-order valence-electron chi connectivity index (χ1n) is 5.90. The summed E-state index contributed by atoms with van der Waals surface area (Å²) in [6.45, 7) is 2.42. The van der Waals surface area contributed by atoms with Crippen LogP contribution >= 0.6 is 0 Å². The van der Waals surface area contributed by atoms with E-state index in [9.17, 15) is 4.79 Å². The Morgan fingerprint density at radius 1 is 1.28 bits per heavy atom. The number of nitrogens with zero attached hydrogens (tertiary/aromatic N) is 3. The second kappa shape index (κ2) is 4.21. The number of H-pyrrole nitrogens is 1. The highest BCUT2D eigenvalue weighted by Crippen LogP contribution is 2.24. The summed E-state index contributed by atoms with van der Waals surface area (Å²) < 4.78 is 0. The lowest BCUT2D eigenvalue weighted by Crippen LogP contribution is -2.48. The molecular weight excluding hydrogens is 232 g/mol. The third kappa shape index (κ3) is 1.75. The Labute approximate surface area is 104 Å². The molecule has 2 aromatic heterocycles. The van der Waals surface area contributed by atoms with Crippen molar-refractivity contribution in [3.63, 3.8) is 0 Å². The van der Waals surface area contributed by atoms with Gasteiger partial charge in [-0.05, 0) is 12.1 Å². The number of piperazine rings is 1. The lowest BCUT2D eigenvalue weighted by molar-refractivity contribution is 0.142. The zero-order valence-corrected chi connectivity index (χ0v) is 9.83. The van der Waals surface area contributed by atoms with Crippen LogP contribution in [0.2, 0.25) is 0 Å².